The molecule has 0 aromatic heterocycles. The van der Waals surface area contributed by atoms with E-state index in [0.717, 1.165) is 35.7 Å². The summed E-state index contributed by atoms with van der Waals surface area (Å²) in [4.78, 5) is 12.0. The number of hydrogen-bond donors (Lipinski definition) is 1. The molecular formula is C20H21NO3. The minimum atomic E-state index is -0.127. The molecule has 0 aliphatic carbocycles. The van der Waals surface area contributed by atoms with Gasteiger partial charge in [0.2, 0.25) is 5.91 Å². The van der Waals surface area contributed by atoms with Crippen LogP contribution in [-0.4, -0.2) is 19.1 Å². The van der Waals surface area contributed by atoms with Gasteiger partial charge in [-0.2, -0.15) is 0 Å². The Labute approximate surface area is 142 Å². The van der Waals surface area contributed by atoms with Crippen LogP contribution in [0.4, 0.5) is 0 Å². The molecule has 0 unspecified atom stereocenters. The van der Waals surface area contributed by atoms with Crippen molar-refractivity contribution in [2.24, 2.45) is 0 Å². The van der Waals surface area contributed by atoms with Crippen molar-refractivity contribution in [1.29, 1.82) is 0 Å². The minimum absolute atomic E-state index is 0.127. The van der Waals surface area contributed by atoms with Crippen molar-refractivity contribution in [3.63, 3.8) is 0 Å². The van der Waals surface area contributed by atoms with E-state index in [-0.39, 0.29) is 5.91 Å². The second-order valence-corrected chi connectivity index (χ2v) is 5.56. The second-order valence-electron chi connectivity index (χ2n) is 5.56. The van der Waals surface area contributed by atoms with Crippen molar-refractivity contribution in [1.82, 2.24) is 5.32 Å². The number of carbonyl (C=O) groups excluding carboxylic acids is 1. The van der Waals surface area contributed by atoms with Gasteiger partial charge in [-0.25, -0.2) is 0 Å². The molecule has 1 aliphatic heterocycles. The van der Waals surface area contributed by atoms with E-state index < -0.39 is 0 Å². The van der Waals surface area contributed by atoms with E-state index in [9.17, 15) is 4.79 Å². The number of benzene rings is 2. The van der Waals surface area contributed by atoms with Gasteiger partial charge in [0.1, 0.15) is 11.5 Å². The van der Waals surface area contributed by atoms with Crippen LogP contribution >= 0.6 is 0 Å². The molecule has 1 heterocycles. The van der Waals surface area contributed by atoms with Crippen LogP contribution in [0.15, 0.2) is 48.5 Å². The third-order valence-corrected chi connectivity index (χ3v) is 3.87. The Morgan fingerprint density at radius 1 is 1.29 bits per heavy atom. The molecule has 0 radical (unpaired) electrons. The lowest BCUT2D eigenvalue weighted by atomic mass is 10.1. The summed E-state index contributed by atoms with van der Waals surface area (Å²) in [6.07, 6.45) is 4.31. The van der Waals surface area contributed by atoms with Crippen molar-refractivity contribution < 1.29 is 14.3 Å². The highest BCUT2D eigenvalue weighted by atomic mass is 16.5. The third kappa shape index (κ3) is 3.96. The van der Waals surface area contributed by atoms with Crippen LogP contribution in [0.2, 0.25) is 0 Å². The molecule has 4 heteroatoms. The predicted octanol–water partition coefficient (Wildman–Crippen LogP) is 3.35. The van der Waals surface area contributed by atoms with Crippen LogP contribution in [0.25, 0.3) is 6.08 Å². The smallest absolute Gasteiger partial charge is 0.244 e. The fourth-order valence-corrected chi connectivity index (χ4v) is 2.67. The van der Waals surface area contributed by atoms with Crippen LogP contribution < -0.4 is 14.8 Å². The minimum Gasteiger partial charge on any atom is -0.494 e. The first-order chi connectivity index (χ1) is 11.8. The highest BCUT2D eigenvalue weighted by Gasteiger charge is 2.11. The van der Waals surface area contributed by atoms with Crippen molar-refractivity contribution >= 4 is 12.0 Å². The highest BCUT2D eigenvalue weighted by Crippen LogP contribution is 2.26. The van der Waals surface area contributed by atoms with E-state index in [1.165, 1.54) is 5.56 Å². The Kier molecular flexibility index (Phi) is 5.16. The zero-order chi connectivity index (χ0) is 16.8. The molecule has 0 saturated heterocycles. The zero-order valence-electron chi connectivity index (χ0n) is 13.7. The molecule has 0 bridgehead atoms. The maximum absolute atomic E-state index is 12.0. The fourth-order valence-electron chi connectivity index (χ4n) is 2.67. The fraction of sp³-hybridized carbons (Fsp3) is 0.250. The van der Waals surface area contributed by atoms with Crippen LogP contribution in [-0.2, 0) is 17.8 Å². The maximum atomic E-state index is 12.0. The van der Waals surface area contributed by atoms with Gasteiger partial charge in [0, 0.05) is 24.6 Å². The van der Waals surface area contributed by atoms with Gasteiger partial charge in [-0.1, -0.05) is 24.3 Å². The molecule has 0 atom stereocenters. The average Bonchev–Trinajstić information content (AvgIpc) is 3.07. The van der Waals surface area contributed by atoms with Gasteiger partial charge in [-0.05, 0) is 42.3 Å². The lowest BCUT2D eigenvalue weighted by molar-refractivity contribution is -0.116. The third-order valence-electron chi connectivity index (χ3n) is 3.87. The van der Waals surface area contributed by atoms with E-state index in [1.807, 2.05) is 49.4 Å². The Morgan fingerprint density at radius 2 is 2.17 bits per heavy atom. The number of para-hydroxylation sites is 1. The molecule has 2 aromatic carbocycles. The number of carbonyl (C=O) groups is 1. The summed E-state index contributed by atoms with van der Waals surface area (Å²) in [5, 5.41) is 2.89. The van der Waals surface area contributed by atoms with E-state index in [0.29, 0.717) is 13.2 Å². The number of nitrogens with one attached hydrogen (secondary N) is 1. The summed E-state index contributed by atoms with van der Waals surface area (Å²) in [5.74, 6) is 1.63. The molecule has 1 amide bonds. The van der Waals surface area contributed by atoms with Gasteiger partial charge in [-0.3, -0.25) is 4.79 Å². The van der Waals surface area contributed by atoms with Gasteiger partial charge < -0.3 is 14.8 Å². The molecule has 2 aromatic rings. The quantitative estimate of drug-likeness (QED) is 0.829. The summed E-state index contributed by atoms with van der Waals surface area (Å²) < 4.78 is 11.0. The van der Waals surface area contributed by atoms with Gasteiger partial charge in [0.05, 0.1) is 13.2 Å². The molecule has 3 rings (SSSR count). The number of amides is 1. The summed E-state index contributed by atoms with van der Waals surface area (Å²) in [6.45, 7) is 3.73. The highest BCUT2D eigenvalue weighted by molar-refractivity contribution is 5.91. The van der Waals surface area contributed by atoms with Crippen LogP contribution in [0, 0.1) is 0 Å². The predicted molar refractivity (Wildman–Crippen MR) is 94.1 cm³/mol. The number of fused-ring (bicyclic) bond motifs is 1. The molecule has 4 nitrogen and oxygen atoms in total. The first kappa shape index (κ1) is 16.1. The van der Waals surface area contributed by atoms with Crippen LogP contribution in [0.3, 0.4) is 0 Å². The number of rotatable bonds is 6. The Bertz CT molecular complexity index is 752. The van der Waals surface area contributed by atoms with Crippen LogP contribution in [0.5, 0.6) is 11.5 Å². The monoisotopic (exact) mass is 323 g/mol. The normalized spacial score (nSPS) is 12.7. The Balaban J connectivity index is 1.58. The van der Waals surface area contributed by atoms with Crippen molar-refractivity contribution in [2.45, 2.75) is 19.9 Å². The van der Waals surface area contributed by atoms with E-state index in [4.69, 9.17) is 9.47 Å². The van der Waals surface area contributed by atoms with Crippen molar-refractivity contribution in [3.8, 4) is 11.5 Å². The van der Waals surface area contributed by atoms with Crippen molar-refractivity contribution in [3.05, 3.63) is 65.2 Å². The van der Waals surface area contributed by atoms with Gasteiger partial charge in [0.15, 0.2) is 0 Å². The molecule has 0 fully saturated rings. The lowest BCUT2D eigenvalue weighted by Crippen LogP contribution is -2.20. The van der Waals surface area contributed by atoms with E-state index in [2.05, 4.69) is 11.4 Å². The zero-order valence-corrected chi connectivity index (χ0v) is 13.7. The summed E-state index contributed by atoms with van der Waals surface area (Å²) in [6, 6.07) is 13.7. The summed E-state index contributed by atoms with van der Waals surface area (Å²) >= 11 is 0. The molecule has 0 spiro atoms. The summed E-state index contributed by atoms with van der Waals surface area (Å²) in [7, 11) is 0. The molecular weight excluding hydrogens is 302 g/mol. The Hall–Kier alpha value is -2.75. The molecule has 24 heavy (non-hydrogen) atoms. The number of hydrogen-bond acceptors (Lipinski definition) is 3. The van der Waals surface area contributed by atoms with Gasteiger partial charge >= 0.3 is 0 Å². The first-order valence-electron chi connectivity index (χ1n) is 8.18. The van der Waals surface area contributed by atoms with E-state index in [1.54, 1.807) is 6.08 Å². The average molecular weight is 323 g/mol. The summed E-state index contributed by atoms with van der Waals surface area (Å²) in [5.41, 5.74) is 3.17. The van der Waals surface area contributed by atoms with E-state index >= 15 is 0 Å². The van der Waals surface area contributed by atoms with Crippen molar-refractivity contribution in [2.75, 3.05) is 13.2 Å². The topological polar surface area (TPSA) is 47.6 Å². The molecule has 0 saturated carbocycles. The maximum Gasteiger partial charge on any atom is 0.244 e. The molecule has 124 valence electrons. The number of ether oxygens (including phenoxy) is 2. The second kappa shape index (κ2) is 7.68. The van der Waals surface area contributed by atoms with Gasteiger partial charge in [-0.15, -0.1) is 0 Å². The molecule has 1 N–H and O–H groups in total. The van der Waals surface area contributed by atoms with Gasteiger partial charge in [0.25, 0.3) is 0 Å². The Morgan fingerprint density at radius 3 is 3.04 bits per heavy atom. The SMILES string of the molecule is CCOc1ccccc1CNC(=O)/C=C/c1ccc2c(c1)CCO2. The molecule has 1 aliphatic rings. The first-order valence-corrected chi connectivity index (χ1v) is 8.18. The standard InChI is InChI=1S/C20H21NO3/c1-2-23-18-6-4-3-5-17(18)14-21-20(22)10-8-15-7-9-19-16(13-15)11-12-24-19/h3-10,13H,2,11-12,14H2,1H3,(H,21,22)/b10-8+. The lowest BCUT2D eigenvalue weighted by Gasteiger charge is -2.10. The largest absolute Gasteiger partial charge is 0.494 e. The van der Waals surface area contributed by atoms with Crippen LogP contribution in [0.1, 0.15) is 23.6 Å².